The number of fused-ring (bicyclic) bond motifs is 1. The van der Waals surface area contributed by atoms with Crippen molar-refractivity contribution in [3.05, 3.63) is 42.0 Å². The van der Waals surface area contributed by atoms with E-state index in [1.54, 1.807) is 16.5 Å². The van der Waals surface area contributed by atoms with Crippen LogP contribution in [0.15, 0.2) is 30.6 Å². The van der Waals surface area contributed by atoms with Crippen molar-refractivity contribution >= 4 is 11.6 Å². The molecule has 90 valence electrons. The molecule has 0 radical (unpaired) electrons. The first-order valence-electron chi connectivity index (χ1n) is 5.38. The Morgan fingerprint density at radius 1 is 1.33 bits per heavy atom. The van der Waals surface area contributed by atoms with Crippen LogP contribution in [-0.2, 0) is 0 Å². The van der Waals surface area contributed by atoms with Crippen molar-refractivity contribution in [1.82, 2.24) is 19.6 Å². The molecular weight excluding hydrogens is 233 g/mol. The number of halogens is 1. The van der Waals surface area contributed by atoms with Crippen LogP contribution >= 0.6 is 0 Å². The average Bonchev–Trinajstić information content (AvgIpc) is 2.83. The van der Waals surface area contributed by atoms with Crippen LogP contribution in [0.5, 0.6) is 0 Å². The molecule has 1 aromatic carbocycles. The smallest absolute Gasteiger partial charge is 0.207 e. The molecule has 0 aliphatic carbocycles. The number of hydrogen-bond donors (Lipinski definition) is 1. The quantitative estimate of drug-likeness (QED) is 0.707. The molecular formula is C12H10FN5. The first kappa shape index (κ1) is 10.6. The maximum atomic E-state index is 13.2. The van der Waals surface area contributed by atoms with E-state index >= 15 is 0 Å². The van der Waals surface area contributed by atoms with Crippen LogP contribution in [0, 0.1) is 12.7 Å². The van der Waals surface area contributed by atoms with Gasteiger partial charge >= 0.3 is 0 Å². The standard InChI is InChI=1S/C12H10FN5/c1-7-10(8-3-2-4-9(13)5-8)16-12(14)18-6-15-17-11(7)18/h2-6H,1H3,(H2,14,16). The normalized spacial score (nSPS) is 11.0. The summed E-state index contributed by atoms with van der Waals surface area (Å²) in [5, 5.41) is 7.78. The van der Waals surface area contributed by atoms with Crippen LogP contribution in [-0.4, -0.2) is 19.6 Å². The summed E-state index contributed by atoms with van der Waals surface area (Å²) < 4.78 is 14.8. The Morgan fingerprint density at radius 3 is 2.94 bits per heavy atom. The Kier molecular flexibility index (Phi) is 2.22. The van der Waals surface area contributed by atoms with Gasteiger partial charge in [0.1, 0.15) is 12.1 Å². The molecule has 0 fully saturated rings. The molecule has 2 heterocycles. The van der Waals surface area contributed by atoms with Gasteiger partial charge in [-0.15, -0.1) is 10.2 Å². The summed E-state index contributed by atoms with van der Waals surface area (Å²) in [5.41, 5.74) is 8.55. The molecule has 3 rings (SSSR count). The fourth-order valence-electron chi connectivity index (χ4n) is 1.93. The minimum absolute atomic E-state index is 0.278. The van der Waals surface area contributed by atoms with Gasteiger partial charge < -0.3 is 5.73 Å². The lowest BCUT2D eigenvalue weighted by Gasteiger charge is -2.08. The minimum Gasteiger partial charge on any atom is -0.369 e. The summed E-state index contributed by atoms with van der Waals surface area (Å²) in [7, 11) is 0. The van der Waals surface area contributed by atoms with Gasteiger partial charge in [0.05, 0.1) is 5.69 Å². The monoisotopic (exact) mass is 243 g/mol. The number of rotatable bonds is 1. The van der Waals surface area contributed by atoms with Crippen LogP contribution in [0.4, 0.5) is 10.3 Å². The molecule has 0 spiro atoms. The zero-order valence-corrected chi connectivity index (χ0v) is 9.63. The van der Waals surface area contributed by atoms with Crippen LogP contribution in [0.1, 0.15) is 5.56 Å². The zero-order chi connectivity index (χ0) is 12.7. The summed E-state index contributed by atoms with van der Waals surface area (Å²) >= 11 is 0. The second kappa shape index (κ2) is 3.76. The van der Waals surface area contributed by atoms with Crippen LogP contribution < -0.4 is 5.73 Å². The summed E-state index contributed by atoms with van der Waals surface area (Å²) in [6, 6.07) is 6.22. The molecule has 5 nitrogen and oxygen atoms in total. The maximum absolute atomic E-state index is 13.2. The van der Waals surface area contributed by atoms with Gasteiger partial charge in [-0.05, 0) is 19.1 Å². The van der Waals surface area contributed by atoms with Crippen molar-refractivity contribution in [3.63, 3.8) is 0 Å². The molecule has 0 unspecified atom stereocenters. The number of nitrogens with two attached hydrogens (primary N) is 1. The van der Waals surface area contributed by atoms with Gasteiger partial charge in [-0.1, -0.05) is 12.1 Å². The summed E-state index contributed by atoms with van der Waals surface area (Å²) in [5.74, 6) is -0.0338. The van der Waals surface area contributed by atoms with Gasteiger partial charge in [-0.3, -0.25) is 4.40 Å². The van der Waals surface area contributed by atoms with E-state index in [2.05, 4.69) is 15.2 Å². The van der Waals surface area contributed by atoms with Gasteiger partial charge in [0.25, 0.3) is 0 Å². The zero-order valence-electron chi connectivity index (χ0n) is 9.63. The fraction of sp³-hybridized carbons (Fsp3) is 0.0833. The largest absolute Gasteiger partial charge is 0.369 e. The van der Waals surface area contributed by atoms with E-state index in [0.717, 1.165) is 5.56 Å². The highest BCUT2D eigenvalue weighted by Gasteiger charge is 2.12. The second-order valence-electron chi connectivity index (χ2n) is 3.98. The predicted octanol–water partition coefficient (Wildman–Crippen LogP) is 1.82. The van der Waals surface area contributed by atoms with Gasteiger partial charge in [0, 0.05) is 11.1 Å². The second-order valence-corrected chi connectivity index (χ2v) is 3.98. The number of nitrogens with zero attached hydrogens (tertiary/aromatic N) is 4. The third kappa shape index (κ3) is 1.50. The Morgan fingerprint density at radius 2 is 2.17 bits per heavy atom. The third-order valence-electron chi connectivity index (χ3n) is 2.81. The fourth-order valence-corrected chi connectivity index (χ4v) is 1.93. The summed E-state index contributed by atoms with van der Waals surface area (Å²) in [6.45, 7) is 1.86. The maximum Gasteiger partial charge on any atom is 0.207 e. The van der Waals surface area contributed by atoms with E-state index in [-0.39, 0.29) is 11.8 Å². The predicted molar refractivity (Wildman–Crippen MR) is 65.3 cm³/mol. The minimum atomic E-state index is -0.311. The first-order chi connectivity index (χ1) is 8.66. The van der Waals surface area contributed by atoms with Gasteiger partial charge in [-0.25, -0.2) is 9.37 Å². The van der Waals surface area contributed by atoms with Gasteiger partial charge in [0.2, 0.25) is 5.95 Å². The van der Waals surface area contributed by atoms with Crippen molar-refractivity contribution in [1.29, 1.82) is 0 Å². The van der Waals surface area contributed by atoms with Crippen molar-refractivity contribution in [2.75, 3.05) is 5.73 Å². The number of hydrogen-bond acceptors (Lipinski definition) is 4. The number of benzene rings is 1. The summed E-state index contributed by atoms with van der Waals surface area (Å²) in [4.78, 5) is 4.28. The van der Waals surface area contributed by atoms with E-state index in [9.17, 15) is 4.39 Å². The van der Waals surface area contributed by atoms with E-state index in [0.29, 0.717) is 16.9 Å². The topological polar surface area (TPSA) is 69.1 Å². The number of nitrogen functional groups attached to an aromatic ring is 1. The van der Waals surface area contributed by atoms with Crippen molar-refractivity contribution < 1.29 is 4.39 Å². The molecule has 0 aliphatic heterocycles. The number of aromatic nitrogens is 4. The van der Waals surface area contributed by atoms with E-state index in [1.165, 1.54) is 18.5 Å². The molecule has 2 N–H and O–H groups in total. The van der Waals surface area contributed by atoms with Gasteiger partial charge in [-0.2, -0.15) is 0 Å². The highest BCUT2D eigenvalue weighted by molar-refractivity contribution is 5.71. The Labute approximate surface area is 102 Å². The third-order valence-corrected chi connectivity index (χ3v) is 2.81. The van der Waals surface area contributed by atoms with Crippen LogP contribution in [0.2, 0.25) is 0 Å². The lowest BCUT2D eigenvalue weighted by Crippen LogP contribution is -2.04. The molecule has 0 saturated carbocycles. The van der Waals surface area contributed by atoms with Crippen LogP contribution in [0.3, 0.4) is 0 Å². The molecule has 6 heteroatoms. The number of aryl methyl sites for hydroxylation is 1. The Balaban J connectivity index is 2.32. The van der Waals surface area contributed by atoms with E-state index in [1.807, 2.05) is 6.92 Å². The number of anilines is 1. The van der Waals surface area contributed by atoms with Crippen molar-refractivity contribution in [3.8, 4) is 11.3 Å². The lowest BCUT2D eigenvalue weighted by molar-refractivity contribution is 0.628. The first-order valence-corrected chi connectivity index (χ1v) is 5.38. The van der Waals surface area contributed by atoms with Crippen molar-refractivity contribution in [2.45, 2.75) is 6.92 Å². The summed E-state index contributed by atoms with van der Waals surface area (Å²) in [6.07, 6.45) is 1.50. The molecule has 0 amide bonds. The highest BCUT2D eigenvalue weighted by atomic mass is 19.1. The van der Waals surface area contributed by atoms with Crippen molar-refractivity contribution in [2.24, 2.45) is 0 Å². The van der Waals surface area contributed by atoms with E-state index in [4.69, 9.17) is 5.73 Å². The average molecular weight is 243 g/mol. The molecule has 18 heavy (non-hydrogen) atoms. The van der Waals surface area contributed by atoms with Gasteiger partial charge in [0.15, 0.2) is 5.65 Å². The van der Waals surface area contributed by atoms with E-state index < -0.39 is 0 Å². The Hall–Kier alpha value is -2.50. The molecule has 0 bridgehead atoms. The SMILES string of the molecule is Cc1c(-c2cccc(F)c2)nc(N)n2cnnc12. The molecule has 0 atom stereocenters. The molecule has 3 aromatic rings. The Bertz CT molecular complexity index is 734. The lowest BCUT2D eigenvalue weighted by atomic mass is 10.1. The molecule has 2 aromatic heterocycles. The molecule has 0 saturated heterocycles. The molecule has 0 aliphatic rings. The highest BCUT2D eigenvalue weighted by Crippen LogP contribution is 2.25. The van der Waals surface area contributed by atoms with Crippen LogP contribution in [0.25, 0.3) is 16.9 Å².